The molecule has 1 unspecified atom stereocenters. The molecule has 7 nitrogen and oxygen atoms in total. The second-order valence-corrected chi connectivity index (χ2v) is 6.63. The Morgan fingerprint density at radius 1 is 1.20 bits per heavy atom. The van der Waals surface area contributed by atoms with E-state index in [1.54, 1.807) is 4.90 Å². The Kier molecular flexibility index (Phi) is 5.33. The molecule has 2 aliphatic heterocycles. The standard InChI is InChI=1S/C18H23N3O4/c22-16(9-20-17(23)15-7-4-8-19-15)21-10-13(14(11-21)18(24)25)12-5-2-1-3-6-12/h1-3,5-6,13-15,19H,4,7-11H2,(H,20,23)(H,24,25)/t13-,14+,15?/m0/s1. The summed E-state index contributed by atoms with van der Waals surface area (Å²) in [7, 11) is 0. The van der Waals surface area contributed by atoms with Crippen LogP contribution in [0.5, 0.6) is 0 Å². The maximum absolute atomic E-state index is 12.4. The monoisotopic (exact) mass is 345 g/mol. The first kappa shape index (κ1) is 17.4. The van der Waals surface area contributed by atoms with Gasteiger partial charge in [-0.3, -0.25) is 14.4 Å². The quantitative estimate of drug-likeness (QED) is 0.707. The van der Waals surface area contributed by atoms with Gasteiger partial charge in [-0.2, -0.15) is 0 Å². The van der Waals surface area contributed by atoms with Crippen LogP contribution in [0.25, 0.3) is 0 Å². The van der Waals surface area contributed by atoms with Gasteiger partial charge in [0.25, 0.3) is 0 Å². The summed E-state index contributed by atoms with van der Waals surface area (Å²) in [5.74, 6) is -2.16. The molecule has 3 atom stereocenters. The van der Waals surface area contributed by atoms with Crippen LogP contribution in [0.3, 0.4) is 0 Å². The van der Waals surface area contributed by atoms with Crippen molar-refractivity contribution in [2.24, 2.45) is 5.92 Å². The first-order valence-electron chi connectivity index (χ1n) is 8.63. The smallest absolute Gasteiger partial charge is 0.308 e. The summed E-state index contributed by atoms with van der Waals surface area (Å²) >= 11 is 0. The van der Waals surface area contributed by atoms with E-state index < -0.39 is 11.9 Å². The molecule has 2 aliphatic rings. The number of rotatable bonds is 5. The van der Waals surface area contributed by atoms with Crippen LogP contribution >= 0.6 is 0 Å². The number of likely N-dealkylation sites (tertiary alicyclic amines) is 1. The van der Waals surface area contributed by atoms with Crippen molar-refractivity contribution in [3.63, 3.8) is 0 Å². The largest absolute Gasteiger partial charge is 0.481 e. The number of carbonyl (C=O) groups is 3. The molecule has 2 saturated heterocycles. The van der Waals surface area contributed by atoms with Crippen molar-refractivity contribution < 1.29 is 19.5 Å². The summed E-state index contributed by atoms with van der Waals surface area (Å²) in [6.07, 6.45) is 1.73. The molecule has 3 rings (SSSR count). The highest BCUT2D eigenvalue weighted by molar-refractivity contribution is 5.88. The van der Waals surface area contributed by atoms with E-state index in [0.717, 1.165) is 24.9 Å². The molecule has 0 aliphatic carbocycles. The van der Waals surface area contributed by atoms with Gasteiger partial charge in [0, 0.05) is 19.0 Å². The summed E-state index contributed by atoms with van der Waals surface area (Å²) < 4.78 is 0. The number of hydrogen-bond donors (Lipinski definition) is 3. The zero-order chi connectivity index (χ0) is 17.8. The molecule has 1 aromatic carbocycles. The van der Waals surface area contributed by atoms with Crippen molar-refractivity contribution in [2.75, 3.05) is 26.2 Å². The summed E-state index contributed by atoms with van der Waals surface area (Å²) in [5, 5.41) is 15.2. The molecule has 0 bridgehead atoms. The second-order valence-electron chi connectivity index (χ2n) is 6.63. The number of carboxylic acid groups (broad SMARTS) is 1. The minimum atomic E-state index is -0.900. The molecular formula is C18H23N3O4. The van der Waals surface area contributed by atoms with Gasteiger partial charge < -0.3 is 20.6 Å². The van der Waals surface area contributed by atoms with Crippen LogP contribution in [-0.2, 0) is 14.4 Å². The van der Waals surface area contributed by atoms with E-state index >= 15 is 0 Å². The predicted molar refractivity (Wildman–Crippen MR) is 90.9 cm³/mol. The Morgan fingerprint density at radius 2 is 1.96 bits per heavy atom. The fourth-order valence-corrected chi connectivity index (χ4v) is 3.60. The van der Waals surface area contributed by atoms with E-state index in [-0.39, 0.29) is 36.9 Å². The maximum atomic E-state index is 12.4. The lowest BCUT2D eigenvalue weighted by Crippen LogP contribution is -2.45. The Morgan fingerprint density at radius 3 is 2.60 bits per heavy atom. The van der Waals surface area contributed by atoms with Gasteiger partial charge in [-0.15, -0.1) is 0 Å². The van der Waals surface area contributed by atoms with Crippen LogP contribution < -0.4 is 10.6 Å². The molecule has 7 heteroatoms. The summed E-state index contributed by atoms with van der Waals surface area (Å²) in [6, 6.07) is 9.17. The summed E-state index contributed by atoms with van der Waals surface area (Å²) in [5.41, 5.74) is 0.921. The number of nitrogens with zero attached hydrogens (tertiary/aromatic N) is 1. The van der Waals surface area contributed by atoms with Crippen LogP contribution in [0.4, 0.5) is 0 Å². The van der Waals surface area contributed by atoms with Crippen molar-refractivity contribution in [2.45, 2.75) is 24.8 Å². The van der Waals surface area contributed by atoms with Gasteiger partial charge in [-0.25, -0.2) is 0 Å². The zero-order valence-electron chi connectivity index (χ0n) is 14.0. The molecule has 1 aromatic rings. The molecule has 0 spiro atoms. The fraction of sp³-hybridized carbons (Fsp3) is 0.500. The van der Waals surface area contributed by atoms with Crippen LogP contribution in [0.2, 0.25) is 0 Å². The zero-order valence-corrected chi connectivity index (χ0v) is 14.0. The third-order valence-electron chi connectivity index (χ3n) is 5.01. The highest BCUT2D eigenvalue weighted by atomic mass is 16.4. The van der Waals surface area contributed by atoms with Crippen molar-refractivity contribution in [1.29, 1.82) is 0 Å². The number of hydrogen-bond acceptors (Lipinski definition) is 4. The molecule has 134 valence electrons. The molecule has 2 fully saturated rings. The fourth-order valence-electron chi connectivity index (χ4n) is 3.60. The predicted octanol–water partition coefficient (Wildman–Crippen LogP) is 0.181. The average molecular weight is 345 g/mol. The van der Waals surface area contributed by atoms with Crippen molar-refractivity contribution in [3.8, 4) is 0 Å². The van der Waals surface area contributed by atoms with E-state index in [1.807, 2.05) is 30.3 Å². The maximum Gasteiger partial charge on any atom is 0.308 e. The van der Waals surface area contributed by atoms with Gasteiger partial charge in [-0.05, 0) is 24.9 Å². The van der Waals surface area contributed by atoms with E-state index in [9.17, 15) is 19.5 Å². The number of amides is 2. The van der Waals surface area contributed by atoms with Crippen molar-refractivity contribution in [3.05, 3.63) is 35.9 Å². The number of aliphatic carboxylic acids is 1. The van der Waals surface area contributed by atoms with Gasteiger partial charge in [0.2, 0.25) is 11.8 Å². The van der Waals surface area contributed by atoms with E-state index in [2.05, 4.69) is 10.6 Å². The normalized spacial score (nSPS) is 25.8. The molecule has 2 amide bonds. The highest BCUT2D eigenvalue weighted by Crippen LogP contribution is 2.32. The van der Waals surface area contributed by atoms with Crippen molar-refractivity contribution >= 4 is 17.8 Å². The average Bonchev–Trinajstić information content (AvgIpc) is 3.29. The molecule has 2 heterocycles. The molecule has 0 saturated carbocycles. The lowest BCUT2D eigenvalue weighted by Gasteiger charge is -2.18. The Balaban J connectivity index is 1.59. The lowest BCUT2D eigenvalue weighted by atomic mass is 9.89. The van der Waals surface area contributed by atoms with E-state index in [1.165, 1.54) is 0 Å². The number of carboxylic acids is 1. The number of carbonyl (C=O) groups excluding carboxylic acids is 2. The van der Waals surface area contributed by atoms with E-state index in [4.69, 9.17) is 0 Å². The minimum absolute atomic E-state index is 0.0924. The van der Waals surface area contributed by atoms with Crippen LogP contribution in [0, 0.1) is 5.92 Å². The minimum Gasteiger partial charge on any atom is -0.481 e. The third kappa shape index (κ3) is 3.99. The van der Waals surface area contributed by atoms with Gasteiger partial charge in [0.1, 0.15) is 0 Å². The van der Waals surface area contributed by atoms with E-state index in [0.29, 0.717) is 6.54 Å². The van der Waals surface area contributed by atoms with Gasteiger partial charge in [0.05, 0.1) is 18.5 Å². The summed E-state index contributed by atoms with van der Waals surface area (Å²) in [6.45, 7) is 1.25. The molecule has 0 aromatic heterocycles. The van der Waals surface area contributed by atoms with Crippen LogP contribution in [0.1, 0.15) is 24.3 Å². The summed E-state index contributed by atoms with van der Waals surface area (Å²) in [4.78, 5) is 37.5. The first-order chi connectivity index (χ1) is 12.1. The molecule has 3 N–H and O–H groups in total. The van der Waals surface area contributed by atoms with Gasteiger partial charge in [0.15, 0.2) is 0 Å². The number of nitrogens with one attached hydrogen (secondary N) is 2. The molecule has 0 radical (unpaired) electrons. The number of benzene rings is 1. The topological polar surface area (TPSA) is 98.7 Å². The lowest BCUT2D eigenvalue weighted by molar-refractivity contribution is -0.142. The van der Waals surface area contributed by atoms with Crippen molar-refractivity contribution in [1.82, 2.24) is 15.5 Å². The van der Waals surface area contributed by atoms with Gasteiger partial charge >= 0.3 is 5.97 Å². The SMILES string of the molecule is O=C(NCC(=O)N1C[C@@H](C(=O)O)[C@H](c2ccccc2)C1)C1CCCN1. The Hall–Kier alpha value is -2.41. The van der Waals surface area contributed by atoms with Gasteiger partial charge in [-0.1, -0.05) is 30.3 Å². The second kappa shape index (κ2) is 7.65. The molecular weight excluding hydrogens is 322 g/mol. The Bertz CT molecular complexity index is 643. The first-order valence-corrected chi connectivity index (χ1v) is 8.63. The third-order valence-corrected chi connectivity index (χ3v) is 5.01. The van der Waals surface area contributed by atoms with Crippen LogP contribution in [0.15, 0.2) is 30.3 Å². The van der Waals surface area contributed by atoms with Crippen LogP contribution in [-0.4, -0.2) is 60.0 Å². The Labute approximate surface area is 146 Å². The molecule has 25 heavy (non-hydrogen) atoms. The highest BCUT2D eigenvalue weighted by Gasteiger charge is 2.40.